The van der Waals surface area contributed by atoms with Crippen molar-refractivity contribution in [3.8, 4) is 5.75 Å². The molecule has 0 aromatic heterocycles. The molecular formula is C12H19NO4S. The smallest absolute Gasteiger partial charge is 0.240 e. The average Bonchev–Trinajstić information content (AvgIpc) is 2.28. The zero-order valence-corrected chi connectivity index (χ0v) is 11.6. The minimum atomic E-state index is -3.58. The molecule has 0 radical (unpaired) electrons. The van der Waals surface area contributed by atoms with Gasteiger partial charge in [-0.25, -0.2) is 13.1 Å². The fraction of sp³-hybridized carbons (Fsp3) is 0.500. The number of aliphatic hydroxyl groups excluding tert-OH is 1. The fourth-order valence-electron chi connectivity index (χ4n) is 1.34. The third kappa shape index (κ3) is 4.29. The molecule has 1 rings (SSSR count). The van der Waals surface area contributed by atoms with Gasteiger partial charge in [0.05, 0.1) is 17.6 Å². The topological polar surface area (TPSA) is 75.6 Å². The van der Waals surface area contributed by atoms with Crippen molar-refractivity contribution in [3.63, 3.8) is 0 Å². The third-order valence-corrected chi connectivity index (χ3v) is 3.74. The first-order valence-electron chi connectivity index (χ1n) is 5.75. The van der Waals surface area contributed by atoms with Gasteiger partial charge in [-0.1, -0.05) is 0 Å². The van der Waals surface area contributed by atoms with Gasteiger partial charge < -0.3 is 9.84 Å². The molecule has 1 aromatic rings. The normalized spacial score (nSPS) is 13.6. The molecule has 0 aliphatic heterocycles. The van der Waals surface area contributed by atoms with Crippen molar-refractivity contribution in [2.75, 3.05) is 6.61 Å². The first-order chi connectivity index (χ1) is 8.35. The van der Waals surface area contributed by atoms with Crippen LogP contribution in [-0.4, -0.2) is 32.3 Å². The monoisotopic (exact) mass is 273 g/mol. The number of rotatable bonds is 6. The first-order valence-corrected chi connectivity index (χ1v) is 7.23. The molecule has 0 aliphatic carbocycles. The van der Waals surface area contributed by atoms with Crippen molar-refractivity contribution >= 4 is 10.0 Å². The predicted octanol–water partition coefficient (Wildman–Crippen LogP) is 1.13. The molecule has 18 heavy (non-hydrogen) atoms. The lowest BCUT2D eigenvalue weighted by molar-refractivity contribution is 0.242. The van der Waals surface area contributed by atoms with E-state index in [2.05, 4.69) is 4.72 Å². The Bertz CT molecular complexity index is 467. The van der Waals surface area contributed by atoms with Crippen molar-refractivity contribution < 1.29 is 18.3 Å². The van der Waals surface area contributed by atoms with Crippen LogP contribution in [0.2, 0.25) is 0 Å². The molecule has 0 spiro atoms. The second-order valence-corrected chi connectivity index (χ2v) is 6.06. The number of hydrogen-bond donors (Lipinski definition) is 2. The third-order valence-electron chi connectivity index (χ3n) is 2.14. The maximum Gasteiger partial charge on any atom is 0.240 e. The number of aliphatic hydroxyl groups is 1. The van der Waals surface area contributed by atoms with Gasteiger partial charge in [0.25, 0.3) is 0 Å². The molecule has 0 fully saturated rings. The Morgan fingerprint density at radius 3 is 2.22 bits per heavy atom. The lowest BCUT2D eigenvalue weighted by atomic mass is 10.3. The minimum Gasteiger partial charge on any atom is -0.491 e. The summed E-state index contributed by atoms with van der Waals surface area (Å²) in [4.78, 5) is 0.152. The van der Waals surface area contributed by atoms with Gasteiger partial charge in [-0.2, -0.15) is 0 Å². The SMILES string of the molecule is CC(C)Oc1ccc(S(=O)(=O)N[C@@H](C)CO)cc1. The maximum atomic E-state index is 11.9. The Morgan fingerprint density at radius 1 is 1.22 bits per heavy atom. The quantitative estimate of drug-likeness (QED) is 0.815. The number of hydrogen-bond acceptors (Lipinski definition) is 4. The molecule has 0 bridgehead atoms. The largest absolute Gasteiger partial charge is 0.491 e. The van der Waals surface area contributed by atoms with E-state index in [4.69, 9.17) is 9.84 Å². The van der Waals surface area contributed by atoms with Crippen LogP contribution >= 0.6 is 0 Å². The van der Waals surface area contributed by atoms with Gasteiger partial charge in [0.15, 0.2) is 0 Å². The van der Waals surface area contributed by atoms with E-state index in [1.807, 2.05) is 13.8 Å². The highest BCUT2D eigenvalue weighted by Crippen LogP contribution is 2.17. The molecule has 0 amide bonds. The zero-order chi connectivity index (χ0) is 13.8. The summed E-state index contributed by atoms with van der Waals surface area (Å²) in [5.74, 6) is 0.624. The molecular weight excluding hydrogens is 254 g/mol. The summed E-state index contributed by atoms with van der Waals surface area (Å²) in [6, 6.07) is 5.66. The van der Waals surface area contributed by atoms with Gasteiger partial charge in [-0.15, -0.1) is 0 Å². The summed E-state index contributed by atoms with van der Waals surface area (Å²) >= 11 is 0. The summed E-state index contributed by atoms with van der Waals surface area (Å²) in [6.45, 7) is 5.14. The van der Waals surface area contributed by atoms with Crippen LogP contribution in [0.1, 0.15) is 20.8 Å². The Balaban J connectivity index is 2.84. The molecule has 1 atom stereocenters. The second-order valence-electron chi connectivity index (χ2n) is 4.34. The van der Waals surface area contributed by atoms with Gasteiger partial charge >= 0.3 is 0 Å². The van der Waals surface area contributed by atoms with Crippen LogP contribution in [0.3, 0.4) is 0 Å². The van der Waals surface area contributed by atoms with E-state index < -0.39 is 16.1 Å². The number of ether oxygens (including phenoxy) is 1. The number of nitrogens with one attached hydrogen (secondary N) is 1. The lowest BCUT2D eigenvalue weighted by Gasteiger charge is -2.13. The molecule has 5 nitrogen and oxygen atoms in total. The molecule has 102 valence electrons. The average molecular weight is 273 g/mol. The van der Waals surface area contributed by atoms with Crippen LogP contribution in [0.5, 0.6) is 5.75 Å². The summed E-state index contributed by atoms with van der Waals surface area (Å²) in [5, 5.41) is 8.84. The summed E-state index contributed by atoms with van der Waals surface area (Å²) < 4.78 is 31.5. The van der Waals surface area contributed by atoms with E-state index in [9.17, 15) is 8.42 Å². The van der Waals surface area contributed by atoms with Gasteiger partial charge in [0.2, 0.25) is 10.0 Å². The van der Waals surface area contributed by atoms with Crippen molar-refractivity contribution in [2.45, 2.75) is 37.8 Å². The molecule has 0 saturated heterocycles. The van der Waals surface area contributed by atoms with Crippen molar-refractivity contribution in [1.82, 2.24) is 4.72 Å². The molecule has 0 aliphatic rings. The summed E-state index contributed by atoms with van der Waals surface area (Å²) in [5.41, 5.74) is 0. The molecule has 6 heteroatoms. The molecule has 0 heterocycles. The highest BCUT2D eigenvalue weighted by atomic mass is 32.2. The Labute approximate surface area is 108 Å². The van der Waals surface area contributed by atoms with E-state index >= 15 is 0 Å². The minimum absolute atomic E-state index is 0.0417. The van der Waals surface area contributed by atoms with Gasteiger partial charge in [-0.3, -0.25) is 0 Å². The molecule has 1 aromatic carbocycles. The highest BCUT2D eigenvalue weighted by Gasteiger charge is 2.16. The maximum absolute atomic E-state index is 11.9. The van der Waals surface area contributed by atoms with Crippen LogP contribution in [0.15, 0.2) is 29.2 Å². The van der Waals surface area contributed by atoms with E-state index in [0.29, 0.717) is 5.75 Å². The fourth-order valence-corrected chi connectivity index (χ4v) is 2.57. The van der Waals surface area contributed by atoms with Crippen LogP contribution in [0.4, 0.5) is 0 Å². The van der Waals surface area contributed by atoms with E-state index in [1.54, 1.807) is 19.1 Å². The lowest BCUT2D eigenvalue weighted by Crippen LogP contribution is -2.34. The Kier molecular flexibility index (Phi) is 5.13. The van der Waals surface area contributed by atoms with E-state index in [0.717, 1.165) is 0 Å². The standard InChI is InChI=1S/C12H19NO4S/c1-9(2)17-11-4-6-12(7-5-11)18(15,16)13-10(3)8-14/h4-7,9-10,13-14H,8H2,1-3H3/t10-/m0/s1. The Morgan fingerprint density at radius 2 is 1.78 bits per heavy atom. The zero-order valence-electron chi connectivity index (χ0n) is 10.8. The van der Waals surface area contributed by atoms with Crippen molar-refractivity contribution in [2.24, 2.45) is 0 Å². The predicted molar refractivity (Wildman–Crippen MR) is 69.1 cm³/mol. The van der Waals surface area contributed by atoms with E-state index in [1.165, 1.54) is 12.1 Å². The Hall–Kier alpha value is -1.11. The second kappa shape index (κ2) is 6.17. The van der Waals surface area contributed by atoms with Crippen LogP contribution in [-0.2, 0) is 10.0 Å². The highest BCUT2D eigenvalue weighted by molar-refractivity contribution is 7.89. The van der Waals surface area contributed by atoms with Crippen LogP contribution < -0.4 is 9.46 Å². The van der Waals surface area contributed by atoms with Crippen LogP contribution in [0, 0.1) is 0 Å². The number of benzene rings is 1. The summed E-state index contributed by atoms with van der Waals surface area (Å²) in [6.07, 6.45) is 0.0417. The van der Waals surface area contributed by atoms with Crippen LogP contribution in [0.25, 0.3) is 0 Å². The first kappa shape index (κ1) is 14.9. The van der Waals surface area contributed by atoms with Gasteiger partial charge in [-0.05, 0) is 45.0 Å². The molecule has 0 saturated carbocycles. The van der Waals surface area contributed by atoms with Crippen molar-refractivity contribution in [3.05, 3.63) is 24.3 Å². The van der Waals surface area contributed by atoms with Crippen molar-refractivity contribution in [1.29, 1.82) is 0 Å². The summed E-state index contributed by atoms with van der Waals surface area (Å²) in [7, 11) is -3.58. The number of sulfonamides is 1. The van der Waals surface area contributed by atoms with Gasteiger partial charge in [0.1, 0.15) is 5.75 Å². The molecule has 2 N–H and O–H groups in total. The van der Waals surface area contributed by atoms with Gasteiger partial charge in [0, 0.05) is 6.04 Å². The van der Waals surface area contributed by atoms with E-state index in [-0.39, 0.29) is 17.6 Å². The molecule has 0 unspecified atom stereocenters.